The minimum atomic E-state index is -0.606. The molecule has 0 radical (unpaired) electrons. The topological polar surface area (TPSA) is 112 Å². The molecule has 5 rings (SSSR count). The summed E-state index contributed by atoms with van der Waals surface area (Å²) < 4.78 is 17.6. The maximum atomic E-state index is 13.6. The highest BCUT2D eigenvalue weighted by atomic mass is 16.5. The monoisotopic (exact) mass is 524 g/mol. The zero-order chi connectivity index (χ0) is 27.4. The predicted molar refractivity (Wildman–Crippen MR) is 147 cm³/mol. The normalized spacial score (nSPS) is 10.9. The van der Waals surface area contributed by atoms with Gasteiger partial charge in [0.1, 0.15) is 17.3 Å². The summed E-state index contributed by atoms with van der Waals surface area (Å²) in [7, 11) is 1.60. The molecule has 9 nitrogen and oxygen atoms in total. The lowest BCUT2D eigenvalue weighted by Gasteiger charge is -2.16. The van der Waals surface area contributed by atoms with Crippen molar-refractivity contribution in [3.05, 3.63) is 111 Å². The number of nitrogens with one attached hydrogen (secondary N) is 1. The zero-order valence-corrected chi connectivity index (χ0v) is 21.9. The van der Waals surface area contributed by atoms with Gasteiger partial charge in [-0.05, 0) is 54.3 Å². The predicted octanol–water partition coefficient (Wildman–Crippen LogP) is 5.36. The van der Waals surface area contributed by atoms with Crippen molar-refractivity contribution in [1.29, 1.82) is 0 Å². The second-order valence-electron chi connectivity index (χ2n) is 9.05. The summed E-state index contributed by atoms with van der Waals surface area (Å²) in [5, 5.41) is 3.83. The van der Waals surface area contributed by atoms with E-state index in [4.69, 9.17) is 14.5 Å². The van der Waals surface area contributed by atoms with Gasteiger partial charge >= 0.3 is 5.76 Å². The van der Waals surface area contributed by atoms with E-state index in [9.17, 15) is 9.59 Å². The summed E-state index contributed by atoms with van der Waals surface area (Å²) in [5.41, 5.74) is 3.83. The second-order valence-corrected chi connectivity index (χ2v) is 9.05. The molecule has 1 N–H and O–H groups in total. The Balaban J connectivity index is 1.46. The van der Waals surface area contributed by atoms with Gasteiger partial charge in [0.25, 0.3) is 5.56 Å². The Labute approximate surface area is 224 Å². The lowest BCUT2D eigenvalue weighted by molar-refractivity contribution is 0.388. The Morgan fingerprint density at radius 3 is 2.26 bits per heavy atom. The third kappa shape index (κ3) is 5.52. The summed E-state index contributed by atoms with van der Waals surface area (Å²) in [6.07, 6.45) is 1.52. The Morgan fingerprint density at radius 1 is 0.923 bits per heavy atom. The number of ether oxygens (including phenoxy) is 2. The van der Waals surface area contributed by atoms with Gasteiger partial charge in [-0.1, -0.05) is 60.6 Å². The molecule has 0 amide bonds. The first kappa shape index (κ1) is 25.7. The Bertz CT molecular complexity index is 1700. The van der Waals surface area contributed by atoms with Crippen molar-refractivity contribution in [2.75, 3.05) is 7.11 Å². The van der Waals surface area contributed by atoms with Gasteiger partial charge in [0.05, 0.1) is 19.3 Å². The van der Waals surface area contributed by atoms with E-state index in [1.54, 1.807) is 42.9 Å². The van der Waals surface area contributed by atoms with E-state index in [1.807, 2.05) is 48.5 Å². The summed E-state index contributed by atoms with van der Waals surface area (Å²) in [6, 6.07) is 22.6. The van der Waals surface area contributed by atoms with E-state index < -0.39 is 5.76 Å². The third-order valence-electron chi connectivity index (χ3n) is 6.36. The number of hydrogen-bond acceptors (Lipinski definition) is 7. The molecular weight excluding hydrogens is 496 g/mol. The summed E-state index contributed by atoms with van der Waals surface area (Å²) in [6.45, 7) is 4.19. The van der Waals surface area contributed by atoms with Gasteiger partial charge in [0, 0.05) is 12.0 Å². The minimum Gasteiger partial charge on any atom is -0.497 e. The number of nitrogens with zero attached hydrogens (tertiary/aromatic N) is 3. The maximum absolute atomic E-state index is 13.6. The lowest BCUT2D eigenvalue weighted by atomic mass is 9.98. The van der Waals surface area contributed by atoms with Crippen LogP contribution in [-0.2, 0) is 13.0 Å². The van der Waals surface area contributed by atoms with Gasteiger partial charge in [-0.3, -0.25) is 18.9 Å². The van der Waals surface area contributed by atoms with Crippen LogP contribution >= 0.6 is 0 Å². The van der Waals surface area contributed by atoms with E-state index in [-0.39, 0.29) is 11.3 Å². The molecule has 5 aromatic rings. The van der Waals surface area contributed by atoms with Crippen LogP contribution in [0.2, 0.25) is 0 Å². The van der Waals surface area contributed by atoms with Crippen LogP contribution in [0.1, 0.15) is 30.4 Å². The Morgan fingerprint density at radius 2 is 1.62 bits per heavy atom. The van der Waals surface area contributed by atoms with Gasteiger partial charge in [-0.25, -0.2) is 9.78 Å². The molecule has 3 aromatic carbocycles. The molecule has 198 valence electrons. The Hall–Kier alpha value is -4.92. The molecule has 0 saturated carbocycles. The number of rotatable bonds is 9. The maximum Gasteiger partial charge on any atom is 0.439 e. The number of H-pyrrole nitrogens is 1. The molecule has 0 aliphatic heterocycles. The highest BCUT2D eigenvalue weighted by Crippen LogP contribution is 2.30. The number of benzene rings is 3. The molecule has 0 aliphatic carbocycles. The van der Waals surface area contributed by atoms with Crippen molar-refractivity contribution in [3.8, 4) is 39.8 Å². The van der Waals surface area contributed by atoms with Crippen molar-refractivity contribution in [2.45, 2.75) is 33.2 Å². The first-order chi connectivity index (χ1) is 19.0. The van der Waals surface area contributed by atoms with E-state index in [1.165, 1.54) is 0 Å². The van der Waals surface area contributed by atoms with Crippen molar-refractivity contribution in [1.82, 2.24) is 19.7 Å². The van der Waals surface area contributed by atoms with Gasteiger partial charge < -0.3 is 9.47 Å². The number of hydrogen-bond donors (Lipinski definition) is 1. The summed E-state index contributed by atoms with van der Waals surface area (Å²) in [5.74, 6) is 1.91. The molecule has 0 bridgehead atoms. The zero-order valence-electron chi connectivity index (χ0n) is 21.9. The third-order valence-corrected chi connectivity index (χ3v) is 6.36. The van der Waals surface area contributed by atoms with Crippen LogP contribution in [0.15, 0.2) is 86.9 Å². The SMILES string of the molecule is CCCc1nc(C)c(Oc2ccc(OC)cc2)c(=O)n1Cc1ccc(-c2ccccc2-c2noc(=O)[nH]2)cc1. The molecule has 2 aromatic heterocycles. The van der Waals surface area contributed by atoms with Crippen molar-refractivity contribution in [3.63, 3.8) is 0 Å². The van der Waals surface area contributed by atoms with E-state index >= 15 is 0 Å². The van der Waals surface area contributed by atoms with Crippen LogP contribution in [-0.4, -0.2) is 26.8 Å². The first-order valence-corrected chi connectivity index (χ1v) is 12.6. The summed E-state index contributed by atoms with van der Waals surface area (Å²) in [4.78, 5) is 32.4. The van der Waals surface area contributed by atoms with Crippen LogP contribution in [0, 0.1) is 6.92 Å². The fraction of sp³-hybridized carbons (Fsp3) is 0.200. The summed E-state index contributed by atoms with van der Waals surface area (Å²) >= 11 is 0. The lowest BCUT2D eigenvalue weighted by Crippen LogP contribution is -2.27. The van der Waals surface area contributed by atoms with Gasteiger partial charge in [0.15, 0.2) is 5.82 Å². The van der Waals surface area contributed by atoms with Gasteiger partial charge in [0.2, 0.25) is 5.75 Å². The molecule has 0 fully saturated rings. The molecule has 2 heterocycles. The fourth-order valence-corrected chi connectivity index (χ4v) is 4.42. The van der Waals surface area contributed by atoms with Crippen molar-refractivity contribution in [2.24, 2.45) is 0 Å². The van der Waals surface area contributed by atoms with Crippen LogP contribution in [0.5, 0.6) is 17.2 Å². The molecule has 0 atom stereocenters. The number of aromatic amines is 1. The van der Waals surface area contributed by atoms with Crippen LogP contribution in [0.4, 0.5) is 0 Å². The van der Waals surface area contributed by atoms with Crippen molar-refractivity contribution < 1.29 is 14.0 Å². The van der Waals surface area contributed by atoms with E-state index in [0.29, 0.717) is 41.8 Å². The molecule has 0 saturated heterocycles. The number of aromatic nitrogens is 4. The molecule has 9 heteroatoms. The number of methoxy groups -OCH3 is 1. The molecular formula is C30H28N4O5. The van der Waals surface area contributed by atoms with Crippen molar-refractivity contribution >= 4 is 0 Å². The van der Waals surface area contributed by atoms with E-state index in [2.05, 4.69) is 21.6 Å². The van der Waals surface area contributed by atoms with Gasteiger partial charge in [-0.15, -0.1) is 0 Å². The highest BCUT2D eigenvalue weighted by molar-refractivity contribution is 5.80. The highest BCUT2D eigenvalue weighted by Gasteiger charge is 2.17. The minimum absolute atomic E-state index is 0.201. The molecule has 0 aliphatic rings. The quantitative estimate of drug-likeness (QED) is 0.276. The molecule has 0 spiro atoms. The smallest absolute Gasteiger partial charge is 0.439 e. The van der Waals surface area contributed by atoms with Crippen LogP contribution in [0.3, 0.4) is 0 Å². The standard InChI is InChI=1S/C30H28N4O5/c1-4-7-26-31-19(2)27(38-23-16-14-22(37-3)15-17-23)29(35)34(26)18-20-10-12-21(13-11-20)24-8-5-6-9-25(24)28-32-30(36)39-33-28/h5-6,8-17H,4,7,18H2,1-3H3,(H,32,33,36). The van der Waals surface area contributed by atoms with Gasteiger partial charge in [-0.2, -0.15) is 0 Å². The van der Waals surface area contributed by atoms with Crippen LogP contribution < -0.4 is 20.8 Å². The molecule has 39 heavy (non-hydrogen) atoms. The Kier molecular flexibility index (Phi) is 7.40. The average Bonchev–Trinajstić information content (AvgIpc) is 3.40. The number of aryl methyl sites for hydroxylation is 2. The molecule has 0 unspecified atom stereocenters. The fourth-order valence-electron chi connectivity index (χ4n) is 4.42. The first-order valence-electron chi connectivity index (χ1n) is 12.6. The second kappa shape index (κ2) is 11.2. The largest absolute Gasteiger partial charge is 0.497 e. The van der Waals surface area contributed by atoms with E-state index in [0.717, 1.165) is 28.7 Å². The van der Waals surface area contributed by atoms with Crippen LogP contribution in [0.25, 0.3) is 22.5 Å². The average molecular weight is 525 g/mol.